The number of carbonyl (C=O) groups excluding carboxylic acids is 1. The van der Waals surface area contributed by atoms with E-state index in [0.717, 1.165) is 29.5 Å². The fraction of sp³-hybridized carbons (Fsp3) is 0.118. The van der Waals surface area contributed by atoms with E-state index in [-0.39, 0.29) is 27.8 Å². The van der Waals surface area contributed by atoms with Crippen molar-refractivity contribution in [1.82, 2.24) is 4.98 Å². The summed E-state index contributed by atoms with van der Waals surface area (Å²) in [5, 5.41) is 11.6. The van der Waals surface area contributed by atoms with Gasteiger partial charge in [-0.1, -0.05) is 22.9 Å². The van der Waals surface area contributed by atoms with E-state index >= 15 is 0 Å². The van der Waals surface area contributed by atoms with Crippen molar-refractivity contribution in [2.24, 2.45) is 0 Å². The summed E-state index contributed by atoms with van der Waals surface area (Å²) in [5.41, 5.74) is 0.638. The highest BCUT2D eigenvalue weighted by Crippen LogP contribution is 2.30. The van der Waals surface area contributed by atoms with Gasteiger partial charge >= 0.3 is 12.1 Å². The largest absolute Gasteiger partial charge is 0.478 e. The van der Waals surface area contributed by atoms with Gasteiger partial charge in [-0.3, -0.25) is 10.0 Å². The number of nitrogens with zero attached hydrogens (tertiary/aromatic N) is 1. The maximum Gasteiger partial charge on any atom is 0.413 e. The maximum absolute atomic E-state index is 12.6. The molecule has 0 spiro atoms. The molecule has 0 saturated heterocycles. The molecule has 0 radical (unpaired) electrons. The summed E-state index contributed by atoms with van der Waals surface area (Å²) in [5.74, 6) is -1.25. The number of benzene rings is 2. The molecular formula is C17H14ClN3O6S2. The fourth-order valence-electron chi connectivity index (χ4n) is 2.35. The van der Waals surface area contributed by atoms with Gasteiger partial charge in [0.1, 0.15) is 0 Å². The molecule has 3 aromatic rings. The number of anilines is 2. The summed E-state index contributed by atoms with van der Waals surface area (Å²) in [6.45, 7) is 1.90. The van der Waals surface area contributed by atoms with E-state index in [9.17, 15) is 18.0 Å². The van der Waals surface area contributed by atoms with Crippen LogP contribution in [0.5, 0.6) is 0 Å². The van der Waals surface area contributed by atoms with Crippen LogP contribution in [0.3, 0.4) is 0 Å². The minimum atomic E-state index is -4.00. The number of halogens is 1. The molecule has 12 heteroatoms. The first kappa shape index (κ1) is 20.8. The van der Waals surface area contributed by atoms with Crippen molar-refractivity contribution < 1.29 is 27.9 Å². The minimum Gasteiger partial charge on any atom is -0.478 e. The number of ether oxygens (including phenoxy) is 1. The van der Waals surface area contributed by atoms with Gasteiger partial charge in [-0.2, -0.15) is 0 Å². The Hall–Kier alpha value is -2.89. The third-order valence-electron chi connectivity index (χ3n) is 3.61. The lowest BCUT2D eigenvalue weighted by Gasteiger charge is -2.09. The van der Waals surface area contributed by atoms with Crippen LogP contribution in [0, 0.1) is 0 Å². The summed E-state index contributed by atoms with van der Waals surface area (Å²) in [6, 6.07) is 8.03. The molecule has 0 aliphatic rings. The van der Waals surface area contributed by atoms with Crippen molar-refractivity contribution in [3.63, 3.8) is 0 Å². The van der Waals surface area contributed by atoms with Gasteiger partial charge in [0.25, 0.3) is 10.0 Å². The van der Waals surface area contributed by atoms with Gasteiger partial charge in [0.2, 0.25) is 0 Å². The van der Waals surface area contributed by atoms with Gasteiger partial charge < -0.3 is 9.84 Å². The van der Waals surface area contributed by atoms with Crippen molar-refractivity contribution >= 4 is 66.1 Å². The number of nitrogens with one attached hydrogen (secondary N) is 2. The first-order valence-electron chi connectivity index (χ1n) is 8.09. The standard InChI is InChI=1S/C17H14ClN3O6S2/c1-2-27-17(24)20-16-19-13-6-3-9(7-14(13)28-16)21-29(25,26)10-4-5-11(15(22)23)12(18)8-10/h3-8,21H,2H2,1H3,(H,22,23)(H,19,20,24). The molecule has 0 bridgehead atoms. The second-order valence-corrected chi connectivity index (χ2v) is 8.72. The van der Waals surface area contributed by atoms with Gasteiger partial charge in [0.15, 0.2) is 5.13 Å². The second-order valence-electron chi connectivity index (χ2n) is 5.60. The van der Waals surface area contributed by atoms with E-state index in [1.165, 1.54) is 6.07 Å². The number of carboxylic acid groups (broad SMARTS) is 1. The Morgan fingerprint density at radius 1 is 1.24 bits per heavy atom. The molecule has 152 valence electrons. The molecule has 0 atom stereocenters. The number of aromatic carboxylic acids is 1. The summed E-state index contributed by atoms with van der Waals surface area (Å²) in [4.78, 5) is 26.5. The van der Waals surface area contributed by atoms with Gasteiger partial charge in [-0.25, -0.2) is 23.0 Å². The molecule has 1 heterocycles. The smallest absolute Gasteiger partial charge is 0.413 e. The Kier molecular flexibility index (Phi) is 5.91. The summed E-state index contributed by atoms with van der Waals surface area (Å²) < 4.78 is 33.0. The molecule has 0 fully saturated rings. The normalized spacial score (nSPS) is 11.2. The Balaban J connectivity index is 1.84. The Bertz CT molecular complexity index is 1210. The number of aromatic nitrogens is 1. The zero-order valence-corrected chi connectivity index (χ0v) is 17.2. The average Bonchev–Trinajstić information content (AvgIpc) is 3.02. The molecule has 0 unspecified atom stereocenters. The number of carboxylic acids is 1. The number of hydrogen-bond acceptors (Lipinski definition) is 7. The van der Waals surface area contributed by atoms with Gasteiger partial charge in [-0.05, 0) is 43.3 Å². The van der Waals surface area contributed by atoms with E-state index in [1.54, 1.807) is 19.1 Å². The molecule has 9 nitrogen and oxygen atoms in total. The maximum atomic E-state index is 12.6. The van der Waals surface area contributed by atoms with Crippen molar-refractivity contribution in [1.29, 1.82) is 0 Å². The van der Waals surface area contributed by atoms with Crippen LogP contribution in [0.2, 0.25) is 5.02 Å². The zero-order valence-electron chi connectivity index (χ0n) is 14.8. The molecule has 0 aliphatic heterocycles. The number of carbonyl (C=O) groups is 2. The Morgan fingerprint density at radius 3 is 2.66 bits per heavy atom. The van der Waals surface area contributed by atoms with Crippen LogP contribution in [0.15, 0.2) is 41.3 Å². The quantitative estimate of drug-likeness (QED) is 0.510. The topological polar surface area (TPSA) is 135 Å². The third kappa shape index (κ3) is 4.75. The molecule has 1 amide bonds. The molecule has 1 aromatic heterocycles. The van der Waals surface area contributed by atoms with Crippen LogP contribution in [-0.2, 0) is 14.8 Å². The van der Waals surface area contributed by atoms with Crippen LogP contribution in [-0.4, -0.2) is 37.2 Å². The van der Waals surface area contributed by atoms with Crippen molar-refractivity contribution in [2.75, 3.05) is 16.6 Å². The van der Waals surface area contributed by atoms with Crippen molar-refractivity contribution in [2.45, 2.75) is 11.8 Å². The monoisotopic (exact) mass is 455 g/mol. The molecule has 2 aromatic carbocycles. The lowest BCUT2D eigenvalue weighted by Crippen LogP contribution is -2.13. The predicted molar refractivity (Wildman–Crippen MR) is 109 cm³/mol. The number of fused-ring (bicyclic) bond motifs is 1. The van der Waals surface area contributed by atoms with Crippen LogP contribution in [0.25, 0.3) is 10.2 Å². The predicted octanol–water partition coefficient (Wildman–Crippen LogP) is 4.02. The highest BCUT2D eigenvalue weighted by atomic mass is 35.5. The fourth-order valence-corrected chi connectivity index (χ4v) is 4.64. The SMILES string of the molecule is CCOC(=O)Nc1nc2ccc(NS(=O)(=O)c3ccc(C(=O)O)c(Cl)c3)cc2s1. The van der Waals surface area contributed by atoms with E-state index in [4.69, 9.17) is 21.4 Å². The van der Waals surface area contributed by atoms with E-state index in [2.05, 4.69) is 15.0 Å². The van der Waals surface area contributed by atoms with Gasteiger partial charge in [0, 0.05) is 0 Å². The van der Waals surface area contributed by atoms with Crippen molar-refractivity contribution in [3.05, 3.63) is 47.0 Å². The molecule has 0 aliphatic carbocycles. The Labute approximate surface area is 174 Å². The van der Waals surface area contributed by atoms with Crippen LogP contribution in [0.4, 0.5) is 15.6 Å². The van der Waals surface area contributed by atoms with Gasteiger partial charge in [-0.15, -0.1) is 0 Å². The number of thiazole rings is 1. The average molecular weight is 456 g/mol. The molecule has 3 N–H and O–H groups in total. The third-order valence-corrected chi connectivity index (χ3v) is 6.23. The van der Waals surface area contributed by atoms with E-state index in [0.29, 0.717) is 15.3 Å². The molecule has 3 rings (SSSR count). The Morgan fingerprint density at radius 2 is 2.00 bits per heavy atom. The number of hydrogen-bond donors (Lipinski definition) is 3. The molecule has 0 saturated carbocycles. The number of sulfonamides is 1. The lowest BCUT2D eigenvalue weighted by atomic mass is 10.2. The second kappa shape index (κ2) is 8.23. The number of amides is 1. The first-order valence-corrected chi connectivity index (χ1v) is 10.8. The summed E-state index contributed by atoms with van der Waals surface area (Å²) in [6.07, 6.45) is -0.630. The highest BCUT2D eigenvalue weighted by molar-refractivity contribution is 7.92. The van der Waals surface area contributed by atoms with Crippen molar-refractivity contribution in [3.8, 4) is 0 Å². The molecular weight excluding hydrogens is 442 g/mol. The summed E-state index contributed by atoms with van der Waals surface area (Å²) in [7, 11) is -4.00. The summed E-state index contributed by atoms with van der Waals surface area (Å²) >= 11 is 7.00. The number of rotatable bonds is 6. The van der Waals surface area contributed by atoms with Gasteiger partial charge in [0.05, 0.1) is 38.0 Å². The van der Waals surface area contributed by atoms with Crippen LogP contribution < -0.4 is 10.0 Å². The zero-order chi connectivity index (χ0) is 21.2. The first-order chi connectivity index (χ1) is 13.7. The molecule has 29 heavy (non-hydrogen) atoms. The minimum absolute atomic E-state index is 0.179. The van der Waals surface area contributed by atoms with E-state index in [1.807, 2.05) is 0 Å². The van der Waals surface area contributed by atoms with Crippen LogP contribution in [0.1, 0.15) is 17.3 Å². The van der Waals surface area contributed by atoms with E-state index < -0.39 is 22.1 Å². The highest BCUT2D eigenvalue weighted by Gasteiger charge is 2.18. The lowest BCUT2D eigenvalue weighted by molar-refractivity contribution is 0.0697. The van der Waals surface area contributed by atoms with Crippen LogP contribution >= 0.6 is 22.9 Å².